The van der Waals surface area contributed by atoms with E-state index in [0.29, 0.717) is 23.1 Å². The highest BCUT2D eigenvalue weighted by Gasteiger charge is 2.57. The van der Waals surface area contributed by atoms with Gasteiger partial charge in [0.1, 0.15) is 23.5 Å². The Morgan fingerprint density at radius 3 is 2.41 bits per heavy atom. The average Bonchev–Trinajstić information content (AvgIpc) is 2.91. The number of aryl methyl sites for hydroxylation is 1. The normalized spacial score (nSPS) is 18.2. The molecule has 1 aromatic carbocycles. The van der Waals surface area contributed by atoms with Crippen molar-refractivity contribution in [3.05, 3.63) is 52.2 Å². The molecule has 2 amide bonds. The molecule has 0 aliphatic carbocycles. The van der Waals surface area contributed by atoms with Gasteiger partial charge in [0.2, 0.25) is 5.91 Å². The number of likely N-dealkylation sites (N-methyl/N-ethyl adjacent to an activating group) is 1. The summed E-state index contributed by atoms with van der Waals surface area (Å²) in [4.78, 5) is 29.6. The highest BCUT2D eigenvalue weighted by molar-refractivity contribution is 6.31. The van der Waals surface area contributed by atoms with Crippen LogP contribution in [0.2, 0.25) is 5.02 Å². The minimum absolute atomic E-state index is 0.157. The monoisotopic (exact) mass is 483 g/mol. The van der Waals surface area contributed by atoms with E-state index in [1.807, 2.05) is 0 Å². The lowest BCUT2D eigenvalue weighted by molar-refractivity contribution is -0.139. The van der Waals surface area contributed by atoms with Crippen molar-refractivity contribution in [1.82, 2.24) is 4.98 Å². The summed E-state index contributed by atoms with van der Waals surface area (Å²) in [6, 6.07) is 0.0887. The average molecular weight is 484 g/mol. The third-order valence-corrected chi connectivity index (χ3v) is 5.06. The largest absolute Gasteiger partial charge is 0.416 e. The number of hydrogen-bond acceptors (Lipinski definition) is 3. The summed E-state index contributed by atoms with van der Waals surface area (Å²) in [5, 5.41) is -0.569. The van der Waals surface area contributed by atoms with Crippen LogP contribution < -0.4 is 9.80 Å². The van der Waals surface area contributed by atoms with Gasteiger partial charge in [0.05, 0.1) is 22.7 Å². The molecule has 0 unspecified atom stereocenters. The maximum atomic E-state index is 14.2. The number of carbonyl (C=O) groups is 2. The molecule has 1 atom stereocenters. The molecule has 13 heteroatoms. The lowest BCUT2D eigenvalue weighted by atomic mass is 10.1. The van der Waals surface area contributed by atoms with Crippen molar-refractivity contribution in [2.45, 2.75) is 31.5 Å². The Kier molecular flexibility index (Phi) is 5.87. The summed E-state index contributed by atoms with van der Waals surface area (Å²) >= 11 is 5.58. The standard InChI is InChI=1S/C19H13ClF7N3O2/c1-8-3-9(19(25,26)27)4-15(28-8)30-14(7-18(23,24)17(30)32)16(31)29(2)13-5-10(20)11(21)6-12(13)22/h3-6,14H,7H2,1-2H3/t14-/m0/s1. The number of aromatic nitrogens is 1. The molecule has 0 saturated carbocycles. The summed E-state index contributed by atoms with van der Waals surface area (Å²) in [6.07, 6.45) is -6.26. The molecule has 0 radical (unpaired) electrons. The van der Waals surface area contributed by atoms with Crippen molar-refractivity contribution in [2.24, 2.45) is 0 Å². The van der Waals surface area contributed by atoms with Crippen molar-refractivity contribution in [3.63, 3.8) is 0 Å². The van der Waals surface area contributed by atoms with E-state index in [1.165, 1.54) is 0 Å². The number of rotatable bonds is 3. The topological polar surface area (TPSA) is 53.5 Å². The van der Waals surface area contributed by atoms with E-state index in [9.17, 15) is 40.3 Å². The molecular formula is C19H13ClF7N3O2. The Balaban J connectivity index is 2.07. The fourth-order valence-electron chi connectivity index (χ4n) is 3.25. The van der Waals surface area contributed by atoms with Crippen LogP contribution in [0.4, 0.5) is 42.2 Å². The Morgan fingerprint density at radius 2 is 1.81 bits per heavy atom. The van der Waals surface area contributed by atoms with Crippen LogP contribution in [0.5, 0.6) is 0 Å². The zero-order valence-corrected chi connectivity index (χ0v) is 17.0. The molecule has 2 heterocycles. The number of pyridine rings is 1. The molecule has 0 bridgehead atoms. The van der Waals surface area contributed by atoms with Gasteiger partial charge in [0.25, 0.3) is 5.91 Å². The number of benzene rings is 1. The highest BCUT2D eigenvalue weighted by atomic mass is 35.5. The Hall–Kier alpha value is -2.89. The number of amides is 2. The van der Waals surface area contributed by atoms with Crippen molar-refractivity contribution < 1.29 is 40.3 Å². The summed E-state index contributed by atoms with van der Waals surface area (Å²) in [5.41, 5.74) is -2.09. The maximum absolute atomic E-state index is 14.2. The van der Waals surface area contributed by atoms with E-state index in [1.54, 1.807) is 0 Å². The number of halogens is 8. The second-order valence-corrected chi connectivity index (χ2v) is 7.47. The molecule has 2 aromatic rings. The van der Waals surface area contributed by atoms with Crippen molar-refractivity contribution >= 4 is 34.9 Å². The van der Waals surface area contributed by atoms with Gasteiger partial charge in [0.15, 0.2) is 0 Å². The van der Waals surface area contributed by atoms with Crippen LogP contribution in [0.25, 0.3) is 0 Å². The molecule has 0 spiro atoms. The molecule has 3 rings (SSSR count). The van der Waals surface area contributed by atoms with Gasteiger partial charge in [-0.1, -0.05) is 11.6 Å². The molecule has 172 valence electrons. The predicted molar refractivity (Wildman–Crippen MR) is 99.6 cm³/mol. The smallest absolute Gasteiger partial charge is 0.311 e. The SMILES string of the molecule is Cc1cc(C(F)(F)F)cc(N2C(=O)C(F)(F)C[C@H]2C(=O)N(C)c2cc(Cl)c(F)cc2F)n1. The van der Waals surface area contributed by atoms with Crippen LogP contribution in [0, 0.1) is 18.6 Å². The summed E-state index contributed by atoms with van der Waals surface area (Å²) in [7, 11) is 0.957. The number of anilines is 2. The number of carbonyl (C=O) groups excluding carboxylic acids is 2. The number of hydrogen-bond donors (Lipinski definition) is 0. The summed E-state index contributed by atoms with van der Waals surface area (Å²) in [6.45, 7) is 1.15. The fraction of sp³-hybridized carbons (Fsp3) is 0.316. The molecule has 1 fully saturated rings. The van der Waals surface area contributed by atoms with Crippen molar-refractivity contribution in [1.29, 1.82) is 0 Å². The van der Waals surface area contributed by atoms with E-state index in [2.05, 4.69) is 4.98 Å². The van der Waals surface area contributed by atoms with E-state index in [-0.39, 0.29) is 10.6 Å². The van der Waals surface area contributed by atoms with Crippen LogP contribution in [0.1, 0.15) is 17.7 Å². The van der Waals surface area contributed by atoms with E-state index in [4.69, 9.17) is 11.6 Å². The Labute approximate surface area is 181 Å². The second-order valence-electron chi connectivity index (χ2n) is 7.07. The first-order valence-corrected chi connectivity index (χ1v) is 9.21. The number of nitrogens with zero attached hydrogens (tertiary/aromatic N) is 3. The first-order chi connectivity index (χ1) is 14.6. The minimum atomic E-state index is -4.88. The van der Waals surface area contributed by atoms with E-state index >= 15 is 0 Å². The van der Waals surface area contributed by atoms with E-state index in [0.717, 1.165) is 20.0 Å². The lowest BCUT2D eigenvalue weighted by Gasteiger charge is -2.27. The summed E-state index contributed by atoms with van der Waals surface area (Å²) < 4.78 is 95.5. The van der Waals surface area contributed by atoms with Gasteiger partial charge in [-0.25, -0.2) is 13.8 Å². The van der Waals surface area contributed by atoms with Crippen LogP contribution in [-0.2, 0) is 15.8 Å². The van der Waals surface area contributed by atoms with Gasteiger partial charge in [-0.15, -0.1) is 0 Å². The van der Waals surface area contributed by atoms with Gasteiger partial charge in [-0.2, -0.15) is 22.0 Å². The molecule has 1 aromatic heterocycles. The maximum Gasteiger partial charge on any atom is 0.416 e. The number of alkyl halides is 5. The molecule has 32 heavy (non-hydrogen) atoms. The van der Waals surface area contributed by atoms with E-state index < -0.39 is 70.1 Å². The molecule has 1 aliphatic heterocycles. The molecule has 0 N–H and O–H groups in total. The zero-order chi connectivity index (χ0) is 24.2. The first-order valence-electron chi connectivity index (χ1n) is 8.83. The third kappa shape index (κ3) is 4.23. The molecule has 5 nitrogen and oxygen atoms in total. The van der Waals surface area contributed by atoms with Gasteiger partial charge in [-0.3, -0.25) is 14.5 Å². The zero-order valence-electron chi connectivity index (χ0n) is 16.3. The van der Waals surface area contributed by atoms with Gasteiger partial charge in [-0.05, 0) is 25.1 Å². The fourth-order valence-corrected chi connectivity index (χ4v) is 3.41. The molecule has 1 saturated heterocycles. The van der Waals surface area contributed by atoms with Crippen LogP contribution in [0.3, 0.4) is 0 Å². The van der Waals surface area contributed by atoms with Gasteiger partial charge >= 0.3 is 12.1 Å². The molecule has 1 aliphatic rings. The quantitative estimate of drug-likeness (QED) is 0.468. The second kappa shape index (κ2) is 7.91. The van der Waals surface area contributed by atoms with Crippen LogP contribution in [-0.4, -0.2) is 35.8 Å². The Morgan fingerprint density at radius 1 is 1.19 bits per heavy atom. The van der Waals surface area contributed by atoms with Crippen molar-refractivity contribution in [2.75, 3.05) is 16.8 Å². The predicted octanol–water partition coefficient (Wildman–Crippen LogP) is 4.74. The lowest BCUT2D eigenvalue weighted by Crippen LogP contribution is -2.46. The van der Waals surface area contributed by atoms with Crippen LogP contribution in [0.15, 0.2) is 24.3 Å². The van der Waals surface area contributed by atoms with Gasteiger partial charge in [0, 0.05) is 18.8 Å². The highest BCUT2D eigenvalue weighted by Crippen LogP contribution is 2.40. The minimum Gasteiger partial charge on any atom is -0.311 e. The van der Waals surface area contributed by atoms with Crippen molar-refractivity contribution in [3.8, 4) is 0 Å². The first kappa shape index (κ1) is 23.8. The molecular weight excluding hydrogens is 471 g/mol. The summed E-state index contributed by atoms with van der Waals surface area (Å²) in [5.74, 6) is -10.5. The van der Waals surface area contributed by atoms with Gasteiger partial charge < -0.3 is 4.90 Å². The Bertz CT molecular complexity index is 1110. The third-order valence-electron chi connectivity index (χ3n) is 4.77. The van der Waals surface area contributed by atoms with Crippen LogP contribution >= 0.6 is 11.6 Å².